The zero-order valence-electron chi connectivity index (χ0n) is 21.9. The molecule has 0 radical (unpaired) electrons. The maximum atomic E-state index is 14.3. The second-order valence-electron chi connectivity index (χ2n) is 10.4. The third-order valence-corrected chi connectivity index (χ3v) is 8.13. The van der Waals surface area contributed by atoms with E-state index >= 15 is 0 Å². The second kappa shape index (κ2) is 13.1. The van der Waals surface area contributed by atoms with E-state index in [1.807, 2.05) is 41.3 Å². The van der Waals surface area contributed by atoms with Crippen molar-refractivity contribution < 1.29 is 19.5 Å². The lowest BCUT2D eigenvalue weighted by molar-refractivity contribution is -0.137. The Morgan fingerprint density at radius 1 is 1.11 bits per heavy atom. The van der Waals surface area contributed by atoms with Gasteiger partial charge in [-0.3, -0.25) is 14.4 Å². The first-order valence-corrected chi connectivity index (χ1v) is 14.0. The average Bonchev–Trinajstić information content (AvgIpc) is 2.93. The Balaban J connectivity index is 1.55. The minimum Gasteiger partial charge on any atom is -0.481 e. The summed E-state index contributed by atoms with van der Waals surface area (Å²) >= 11 is 6.21. The van der Waals surface area contributed by atoms with Gasteiger partial charge in [0.1, 0.15) is 0 Å². The molecule has 0 aromatic heterocycles. The third-order valence-electron chi connectivity index (χ3n) is 7.88. The predicted molar refractivity (Wildman–Crippen MR) is 150 cm³/mol. The summed E-state index contributed by atoms with van der Waals surface area (Å²) in [5.41, 5.74) is 2.03. The van der Waals surface area contributed by atoms with E-state index in [1.165, 1.54) is 0 Å². The number of fused-ring (bicyclic) bond motifs is 1. The number of benzene rings is 1. The maximum absolute atomic E-state index is 14.3. The number of carboxylic acids is 1. The lowest BCUT2D eigenvalue weighted by Crippen LogP contribution is -2.46. The molecule has 1 aromatic rings. The van der Waals surface area contributed by atoms with Crippen LogP contribution in [-0.4, -0.2) is 47.4 Å². The number of aliphatic carboxylic acids is 1. The first-order valence-electron chi connectivity index (χ1n) is 13.6. The van der Waals surface area contributed by atoms with Gasteiger partial charge < -0.3 is 15.3 Å². The monoisotopic (exact) mass is 536 g/mol. The molecule has 0 spiro atoms. The lowest BCUT2D eigenvalue weighted by atomic mass is 9.74. The summed E-state index contributed by atoms with van der Waals surface area (Å²) < 4.78 is 0. The molecular weight excluding hydrogens is 500 g/mol. The minimum absolute atomic E-state index is 0.0273. The number of nitrogens with zero attached hydrogens (tertiary/aromatic N) is 1. The highest BCUT2D eigenvalue weighted by Gasteiger charge is 2.38. The Kier molecular flexibility index (Phi) is 9.62. The summed E-state index contributed by atoms with van der Waals surface area (Å²) in [7, 11) is 0. The van der Waals surface area contributed by atoms with Crippen LogP contribution in [0.25, 0.3) is 0 Å². The van der Waals surface area contributed by atoms with Gasteiger partial charge in [0.2, 0.25) is 11.8 Å². The van der Waals surface area contributed by atoms with Crippen LogP contribution >= 0.6 is 11.6 Å². The molecule has 2 N–H and O–H groups in total. The van der Waals surface area contributed by atoms with Crippen molar-refractivity contribution in [1.82, 2.24) is 10.2 Å². The molecule has 1 saturated heterocycles. The molecule has 1 aromatic carbocycles. The number of piperidine rings is 1. The van der Waals surface area contributed by atoms with Gasteiger partial charge in [0.05, 0.1) is 18.3 Å². The van der Waals surface area contributed by atoms with Crippen molar-refractivity contribution >= 4 is 29.4 Å². The molecule has 5 atom stereocenters. The normalized spacial score (nSPS) is 23.8. The van der Waals surface area contributed by atoms with Crippen molar-refractivity contribution in [3.8, 4) is 0 Å². The van der Waals surface area contributed by atoms with Crippen LogP contribution in [0.2, 0.25) is 5.02 Å². The highest BCUT2D eigenvalue weighted by Crippen LogP contribution is 2.40. The molecular formula is C31H37ClN2O4. The molecule has 4 rings (SSSR count). The molecule has 38 heavy (non-hydrogen) atoms. The van der Waals surface area contributed by atoms with Crippen LogP contribution in [0.15, 0.2) is 72.4 Å². The number of rotatable bonds is 10. The Hall–Kier alpha value is -3.12. The van der Waals surface area contributed by atoms with Crippen LogP contribution in [0.4, 0.5) is 0 Å². The summed E-state index contributed by atoms with van der Waals surface area (Å²) in [5.74, 6) is -0.835. The van der Waals surface area contributed by atoms with Crippen LogP contribution in [0.3, 0.4) is 0 Å². The van der Waals surface area contributed by atoms with E-state index in [9.17, 15) is 14.4 Å². The molecule has 202 valence electrons. The largest absolute Gasteiger partial charge is 0.481 e. The molecule has 3 aliphatic rings. The standard InChI is InChI=1S/C31H37ClN2O4/c1-2-5-27(22-8-10-24(11-9-22)30(37)33-18-16-28(35)36)29(23-12-14-26(32)15-13-23)31(38)34-19-17-21-6-3-4-7-25(21)20-34/h3-4,6-10,12-15,21,24-25,27,29H,2,5,11,16-20H2,1H3,(H,33,37)(H,35,36). The topological polar surface area (TPSA) is 86.7 Å². The van der Waals surface area contributed by atoms with Gasteiger partial charge in [0.25, 0.3) is 0 Å². The number of hydrogen-bond donors (Lipinski definition) is 2. The summed E-state index contributed by atoms with van der Waals surface area (Å²) in [6.45, 7) is 3.71. The van der Waals surface area contributed by atoms with Crippen LogP contribution in [0.1, 0.15) is 50.5 Å². The van der Waals surface area contributed by atoms with Crippen LogP contribution in [0.5, 0.6) is 0 Å². The van der Waals surface area contributed by atoms with Gasteiger partial charge >= 0.3 is 5.97 Å². The van der Waals surface area contributed by atoms with Crippen molar-refractivity contribution in [2.24, 2.45) is 23.7 Å². The molecule has 6 nitrogen and oxygen atoms in total. The molecule has 1 fully saturated rings. The number of allylic oxidation sites excluding steroid dienone is 6. The summed E-state index contributed by atoms with van der Waals surface area (Å²) in [6.07, 6.45) is 17.8. The van der Waals surface area contributed by atoms with Crippen molar-refractivity contribution in [3.63, 3.8) is 0 Å². The summed E-state index contributed by atoms with van der Waals surface area (Å²) in [4.78, 5) is 39.6. The van der Waals surface area contributed by atoms with E-state index in [0.29, 0.717) is 23.3 Å². The van der Waals surface area contributed by atoms with Gasteiger partial charge in [-0.2, -0.15) is 0 Å². The summed E-state index contributed by atoms with van der Waals surface area (Å²) in [6, 6.07) is 7.64. The van der Waals surface area contributed by atoms with E-state index in [0.717, 1.165) is 43.5 Å². The number of hydrogen-bond acceptors (Lipinski definition) is 3. The van der Waals surface area contributed by atoms with Crippen LogP contribution in [-0.2, 0) is 14.4 Å². The Morgan fingerprint density at radius 3 is 2.50 bits per heavy atom. The van der Waals surface area contributed by atoms with Crippen LogP contribution in [0, 0.1) is 23.7 Å². The molecule has 1 aliphatic heterocycles. The van der Waals surface area contributed by atoms with Gasteiger partial charge in [-0.15, -0.1) is 0 Å². The van der Waals surface area contributed by atoms with Crippen molar-refractivity contribution in [2.75, 3.05) is 19.6 Å². The fourth-order valence-corrected chi connectivity index (χ4v) is 5.96. The summed E-state index contributed by atoms with van der Waals surface area (Å²) in [5, 5.41) is 12.2. The number of carbonyl (C=O) groups excluding carboxylic acids is 2. The minimum atomic E-state index is -0.938. The predicted octanol–water partition coefficient (Wildman–Crippen LogP) is 5.52. The molecule has 7 heteroatoms. The molecule has 2 aliphatic carbocycles. The first-order chi connectivity index (χ1) is 18.4. The Bertz CT molecular complexity index is 1140. The van der Waals surface area contributed by atoms with Gasteiger partial charge in [0, 0.05) is 30.6 Å². The first kappa shape index (κ1) is 27.9. The third kappa shape index (κ3) is 6.84. The fourth-order valence-electron chi connectivity index (χ4n) is 5.84. The number of nitrogens with one attached hydrogen (secondary N) is 1. The highest BCUT2D eigenvalue weighted by molar-refractivity contribution is 6.30. The number of amides is 2. The van der Waals surface area contributed by atoms with E-state index in [-0.39, 0.29) is 42.5 Å². The van der Waals surface area contributed by atoms with Crippen molar-refractivity contribution in [2.45, 2.75) is 44.9 Å². The van der Waals surface area contributed by atoms with E-state index in [2.05, 4.69) is 42.6 Å². The molecule has 0 saturated carbocycles. The molecule has 1 heterocycles. The van der Waals surface area contributed by atoms with Crippen molar-refractivity contribution in [1.29, 1.82) is 0 Å². The average molecular weight is 537 g/mol. The van der Waals surface area contributed by atoms with Gasteiger partial charge in [-0.1, -0.05) is 79.6 Å². The van der Waals surface area contributed by atoms with E-state index < -0.39 is 5.97 Å². The molecule has 5 unspecified atom stereocenters. The molecule has 2 amide bonds. The highest BCUT2D eigenvalue weighted by atomic mass is 35.5. The second-order valence-corrected chi connectivity index (χ2v) is 10.9. The number of carboxylic acid groups (broad SMARTS) is 1. The number of likely N-dealkylation sites (tertiary alicyclic amines) is 1. The lowest BCUT2D eigenvalue weighted by Gasteiger charge is -2.40. The Morgan fingerprint density at radius 2 is 1.84 bits per heavy atom. The van der Waals surface area contributed by atoms with Gasteiger partial charge in [-0.25, -0.2) is 0 Å². The SMILES string of the molecule is CCCC(C1=CCC(C(=O)NCCC(=O)O)C=C1)C(C(=O)N1CCC2C=CC=CC2C1)c1ccc(Cl)cc1. The Labute approximate surface area is 230 Å². The van der Waals surface area contributed by atoms with Gasteiger partial charge in [0.15, 0.2) is 0 Å². The fraction of sp³-hybridized carbons (Fsp3) is 0.452. The zero-order valence-corrected chi connectivity index (χ0v) is 22.6. The van der Waals surface area contributed by atoms with E-state index in [1.54, 1.807) is 0 Å². The number of halogens is 1. The quantitative estimate of drug-likeness (QED) is 0.412. The maximum Gasteiger partial charge on any atom is 0.305 e. The molecule has 0 bridgehead atoms. The van der Waals surface area contributed by atoms with E-state index in [4.69, 9.17) is 16.7 Å². The number of carbonyl (C=O) groups is 3. The zero-order chi connectivity index (χ0) is 27.1. The van der Waals surface area contributed by atoms with Gasteiger partial charge in [-0.05, 0) is 54.4 Å². The van der Waals surface area contributed by atoms with Crippen LogP contribution < -0.4 is 5.32 Å². The van der Waals surface area contributed by atoms with Crippen molar-refractivity contribution in [3.05, 3.63) is 83.0 Å². The smallest absolute Gasteiger partial charge is 0.305 e.